The maximum atomic E-state index is 12.3. The van der Waals surface area contributed by atoms with E-state index in [-0.39, 0.29) is 16.9 Å². The molecule has 0 aliphatic rings. The number of nitrogens with zero attached hydrogens (tertiary/aromatic N) is 1. The van der Waals surface area contributed by atoms with Gasteiger partial charge in [-0.2, -0.15) is 0 Å². The molecule has 1 amide bonds. The van der Waals surface area contributed by atoms with Gasteiger partial charge in [0.15, 0.2) is 0 Å². The average Bonchev–Trinajstić information content (AvgIpc) is 3.20. The molecule has 3 aromatic rings. The summed E-state index contributed by atoms with van der Waals surface area (Å²) in [7, 11) is 1.41. The van der Waals surface area contributed by atoms with Gasteiger partial charge < -0.3 is 19.6 Å². The van der Waals surface area contributed by atoms with Crippen LogP contribution in [0.4, 0.5) is 11.4 Å². The number of carbonyl (C=O) groups is 2. The maximum absolute atomic E-state index is 12.3. The zero-order valence-corrected chi connectivity index (χ0v) is 16.6. The second-order valence-electron chi connectivity index (χ2n) is 6.50. The highest BCUT2D eigenvalue weighted by molar-refractivity contribution is 6.03. The third kappa shape index (κ3) is 4.96. The first-order valence-electron chi connectivity index (χ1n) is 9.04. The Kier molecular flexibility index (Phi) is 6.15. The smallest absolute Gasteiger partial charge is 0.335 e. The van der Waals surface area contributed by atoms with E-state index in [1.807, 2.05) is 0 Å². The summed E-state index contributed by atoms with van der Waals surface area (Å²) in [5.74, 6) is -0.415. The molecule has 0 fully saturated rings. The molecule has 0 radical (unpaired) electrons. The molecule has 31 heavy (non-hydrogen) atoms. The highest BCUT2D eigenvalue weighted by Gasteiger charge is 2.13. The topological polar surface area (TPSA) is 132 Å². The van der Waals surface area contributed by atoms with Gasteiger partial charge in [-0.15, -0.1) is 0 Å². The minimum atomic E-state index is -1.13. The second kappa shape index (κ2) is 8.95. The van der Waals surface area contributed by atoms with Crippen LogP contribution < -0.4 is 10.1 Å². The number of rotatable bonds is 7. The lowest BCUT2D eigenvalue weighted by atomic mass is 10.1. The summed E-state index contributed by atoms with van der Waals surface area (Å²) in [6.07, 6.45) is 2.69. The van der Waals surface area contributed by atoms with Crippen LogP contribution in [0.1, 0.15) is 21.7 Å². The molecule has 1 aromatic heterocycles. The van der Waals surface area contributed by atoms with Gasteiger partial charge >= 0.3 is 5.97 Å². The molecule has 0 unspecified atom stereocenters. The van der Waals surface area contributed by atoms with Crippen molar-refractivity contribution in [3.05, 3.63) is 81.6 Å². The van der Waals surface area contributed by atoms with Gasteiger partial charge in [0.2, 0.25) is 5.91 Å². The number of carbonyl (C=O) groups excluding carboxylic acids is 1. The highest BCUT2D eigenvalue weighted by Crippen LogP contribution is 2.29. The van der Waals surface area contributed by atoms with E-state index in [0.29, 0.717) is 28.4 Å². The van der Waals surface area contributed by atoms with Crippen LogP contribution in [0.5, 0.6) is 5.75 Å². The molecule has 0 aliphatic heterocycles. The lowest BCUT2D eigenvalue weighted by Crippen LogP contribution is -2.10. The van der Waals surface area contributed by atoms with Crippen LogP contribution in [-0.4, -0.2) is 29.0 Å². The van der Waals surface area contributed by atoms with Crippen molar-refractivity contribution in [1.82, 2.24) is 0 Å². The Bertz CT molecular complexity index is 1190. The molecule has 0 aliphatic carbocycles. The summed E-state index contributed by atoms with van der Waals surface area (Å²) in [6, 6.07) is 11.9. The number of aryl methyl sites for hydroxylation is 1. The Morgan fingerprint density at radius 3 is 2.58 bits per heavy atom. The van der Waals surface area contributed by atoms with E-state index >= 15 is 0 Å². The zero-order chi connectivity index (χ0) is 22.5. The number of aromatic carboxylic acids is 1. The molecule has 158 valence electrons. The number of benzene rings is 2. The molecular weight excluding hydrogens is 404 g/mol. The first-order valence-corrected chi connectivity index (χ1v) is 9.04. The van der Waals surface area contributed by atoms with Crippen molar-refractivity contribution in [2.24, 2.45) is 0 Å². The van der Waals surface area contributed by atoms with E-state index in [4.69, 9.17) is 14.3 Å². The molecule has 0 saturated heterocycles. The molecule has 2 N–H and O–H groups in total. The van der Waals surface area contributed by atoms with Crippen molar-refractivity contribution in [3.8, 4) is 17.1 Å². The van der Waals surface area contributed by atoms with Gasteiger partial charge in [-0.3, -0.25) is 14.9 Å². The number of carboxylic acids is 1. The average molecular weight is 422 g/mol. The van der Waals surface area contributed by atoms with Gasteiger partial charge in [0.25, 0.3) is 5.69 Å². The molecular formula is C22H18N2O7. The number of hydrogen-bond acceptors (Lipinski definition) is 6. The van der Waals surface area contributed by atoms with Crippen LogP contribution >= 0.6 is 0 Å². The summed E-state index contributed by atoms with van der Waals surface area (Å²) in [4.78, 5) is 33.8. The van der Waals surface area contributed by atoms with Gasteiger partial charge in [-0.25, -0.2) is 4.79 Å². The number of nitro benzene ring substituents is 1. The number of amides is 1. The molecule has 9 heteroatoms. The summed E-state index contributed by atoms with van der Waals surface area (Å²) < 4.78 is 10.8. The zero-order valence-electron chi connectivity index (χ0n) is 16.6. The molecule has 9 nitrogen and oxygen atoms in total. The monoisotopic (exact) mass is 422 g/mol. The minimum Gasteiger partial charge on any atom is -0.495 e. The SMILES string of the molecule is COc1ccc(C(=O)O)cc1NC(=O)/C=C/c1ccc(-c2ccc([N+](=O)[O-])cc2C)o1. The number of carboxylic acid groups (broad SMARTS) is 1. The van der Waals surface area contributed by atoms with Crippen molar-refractivity contribution in [3.63, 3.8) is 0 Å². The molecule has 0 bridgehead atoms. The van der Waals surface area contributed by atoms with Crippen LogP contribution in [-0.2, 0) is 4.79 Å². The highest BCUT2D eigenvalue weighted by atomic mass is 16.6. The number of nitro groups is 1. The van der Waals surface area contributed by atoms with Crippen LogP contribution in [0.25, 0.3) is 17.4 Å². The number of furan rings is 1. The predicted octanol–water partition coefficient (Wildman–Crippen LogP) is 4.52. The Labute approximate surface area is 176 Å². The van der Waals surface area contributed by atoms with E-state index < -0.39 is 16.8 Å². The fourth-order valence-corrected chi connectivity index (χ4v) is 2.90. The van der Waals surface area contributed by atoms with Crippen molar-refractivity contribution >= 4 is 29.3 Å². The summed E-state index contributed by atoms with van der Waals surface area (Å²) >= 11 is 0. The minimum absolute atomic E-state index is 0.00741. The lowest BCUT2D eigenvalue weighted by molar-refractivity contribution is -0.384. The first-order chi connectivity index (χ1) is 14.8. The number of non-ortho nitro benzene ring substituents is 1. The second-order valence-corrected chi connectivity index (χ2v) is 6.50. The number of anilines is 1. The summed E-state index contributed by atoms with van der Waals surface area (Å²) in [5.41, 5.74) is 1.60. The van der Waals surface area contributed by atoms with E-state index in [1.165, 1.54) is 49.6 Å². The lowest BCUT2D eigenvalue weighted by Gasteiger charge is -2.09. The van der Waals surface area contributed by atoms with Gasteiger partial charge in [0, 0.05) is 23.8 Å². The van der Waals surface area contributed by atoms with E-state index in [2.05, 4.69) is 5.32 Å². The van der Waals surface area contributed by atoms with Gasteiger partial charge in [0.05, 0.1) is 23.3 Å². The fourth-order valence-electron chi connectivity index (χ4n) is 2.90. The molecule has 3 rings (SSSR count). The fraction of sp³-hybridized carbons (Fsp3) is 0.0909. The van der Waals surface area contributed by atoms with Crippen LogP contribution in [0.15, 0.2) is 59.0 Å². The number of methoxy groups -OCH3 is 1. The third-order valence-corrected chi connectivity index (χ3v) is 4.42. The third-order valence-electron chi connectivity index (χ3n) is 4.42. The normalized spacial score (nSPS) is 10.8. The number of ether oxygens (including phenoxy) is 1. The molecule has 2 aromatic carbocycles. The first kappa shape index (κ1) is 21.3. The van der Waals surface area contributed by atoms with Gasteiger partial charge in [0.1, 0.15) is 17.3 Å². The maximum Gasteiger partial charge on any atom is 0.335 e. The Balaban J connectivity index is 1.74. The standard InChI is InChI=1S/C22H18N2O7/c1-13-11-15(24(28)29)4-7-17(13)19-9-5-16(31-19)6-10-21(25)23-18-12-14(22(26)27)3-8-20(18)30-2/h3-12H,1-2H3,(H,23,25)(H,26,27)/b10-6+. The van der Waals surface area contributed by atoms with Crippen LogP contribution in [0, 0.1) is 17.0 Å². The summed E-state index contributed by atoms with van der Waals surface area (Å²) in [6.45, 7) is 1.74. The summed E-state index contributed by atoms with van der Waals surface area (Å²) in [5, 5.41) is 22.6. The van der Waals surface area contributed by atoms with Crippen LogP contribution in [0.2, 0.25) is 0 Å². The molecule has 0 saturated carbocycles. The van der Waals surface area contributed by atoms with Crippen molar-refractivity contribution < 1.29 is 28.8 Å². The largest absolute Gasteiger partial charge is 0.495 e. The van der Waals surface area contributed by atoms with Crippen molar-refractivity contribution in [2.45, 2.75) is 6.92 Å². The molecule has 1 heterocycles. The molecule has 0 spiro atoms. The Hall–Kier alpha value is -4.40. The Morgan fingerprint density at radius 1 is 1.16 bits per heavy atom. The molecule has 0 atom stereocenters. The number of nitrogens with one attached hydrogen (secondary N) is 1. The Morgan fingerprint density at radius 2 is 1.94 bits per heavy atom. The van der Waals surface area contributed by atoms with E-state index in [0.717, 1.165) is 0 Å². The van der Waals surface area contributed by atoms with E-state index in [1.54, 1.807) is 25.1 Å². The number of hydrogen-bond donors (Lipinski definition) is 2. The van der Waals surface area contributed by atoms with Gasteiger partial charge in [-0.05, 0) is 55.0 Å². The van der Waals surface area contributed by atoms with Gasteiger partial charge in [-0.1, -0.05) is 0 Å². The van der Waals surface area contributed by atoms with Crippen LogP contribution in [0.3, 0.4) is 0 Å². The quantitative estimate of drug-likeness (QED) is 0.325. The predicted molar refractivity (Wildman–Crippen MR) is 113 cm³/mol. The van der Waals surface area contributed by atoms with Crippen molar-refractivity contribution in [1.29, 1.82) is 0 Å². The van der Waals surface area contributed by atoms with E-state index in [9.17, 15) is 19.7 Å². The van der Waals surface area contributed by atoms with Crippen molar-refractivity contribution in [2.75, 3.05) is 12.4 Å².